The number of anilines is 1. The molecule has 1 unspecified atom stereocenters. The van der Waals surface area contributed by atoms with Crippen LogP contribution in [0, 0.1) is 0 Å². The Morgan fingerprint density at radius 3 is 2.52 bits per heavy atom. The van der Waals surface area contributed by atoms with Crippen LogP contribution in [0.4, 0.5) is 5.69 Å². The number of hydrogen-bond acceptors (Lipinski definition) is 3. The van der Waals surface area contributed by atoms with Gasteiger partial charge in [0.05, 0.1) is 0 Å². The number of rotatable bonds is 4. The summed E-state index contributed by atoms with van der Waals surface area (Å²) >= 11 is 0. The van der Waals surface area contributed by atoms with Crippen molar-refractivity contribution >= 4 is 23.4 Å². The average Bonchev–Trinajstić information content (AvgIpc) is 3.00. The normalized spacial score (nSPS) is 16.8. The molecule has 122 valence electrons. The Balaban J connectivity index is 2.02. The molecule has 1 saturated heterocycles. The Morgan fingerprint density at radius 2 is 1.96 bits per heavy atom. The average molecular weight is 315 g/mol. The molecule has 3 amide bonds. The van der Waals surface area contributed by atoms with Crippen LogP contribution in [0.15, 0.2) is 36.9 Å². The zero-order chi connectivity index (χ0) is 17.0. The van der Waals surface area contributed by atoms with Gasteiger partial charge in [-0.25, -0.2) is 0 Å². The first-order chi connectivity index (χ1) is 10.9. The summed E-state index contributed by atoms with van der Waals surface area (Å²) in [5.41, 5.74) is 1.26. The van der Waals surface area contributed by atoms with E-state index in [2.05, 4.69) is 11.9 Å². The summed E-state index contributed by atoms with van der Waals surface area (Å²) in [5, 5.41) is 2.83. The number of nitrogens with one attached hydrogen (secondary N) is 1. The summed E-state index contributed by atoms with van der Waals surface area (Å²) in [4.78, 5) is 38.3. The number of likely N-dealkylation sites (tertiary alicyclic amines) is 1. The van der Waals surface area contributed by atoms with Crippen molar-refractivity contribution in [1.82, 2.24) is 10.2 Å². The van der Waals surface area contributed by atoms with Gasteiger partial charge >= 0.3 is 0 Å². The second-order valence-corrected chi connectivity index (χ2v) is 5.59. The van der Waals surface area contributed by atoms with E-state index in [9.17, 15) is 14.4 Å². The topological polar surface area (TPSA) is 69.7 Å². The van der Waals surface area contributed by atoms with Crippen LogP contribution in [0.2, 0.25) is 0 Å². The first kappa shape index (κ1) is 16.7. The van der Waals surface area contributed by atoms with Crippen LogP contribution in [-0.2, 0) is 9.59 Å². The zero-order valence-corrected chi connectivity index (χ0v) is 13.4. The number of hydrogen-bond donors (Lipinski definition) is 1. The van der Waals surface area contributed by atoms with Crippen molar-refractivity contribution in [3.05, 3.63) is 42.5 Å². The van der Waals surface area contributed by atoms with Gasteiger partial charge in [-0.1, -0.05) is 6.58 Å². The fourth-order valence-corrected chi connectivity index (χ4v) is 2.62. The molecule has 1 heterocycles. The fraction of sp³-hybridized carbons (Fsp3) is 0.353. The van der Waals surface area contributed by atoms with E-state index in [-0.39, 0.29) is 23.8 Å². The first-order valence-corrected chi connectivity index (χ1v) is 7.49. The SMILES string of the molecule is C=CC(=O)N(C)c1ccc(C(=O)N2CCC(NC(C)=O)C2)cc1. The number of nitrogens with zero attached hydrogens (tertiary/aromatic N) is 2. The predicted molar refractivity (Wildman–Crippen MR) is 88.2 cm³/mol. The van der Waals surface area contributed by atoms with E-state index in [1.807, 2.05) is 0 Å². The van der Waals surface area contributed by atoms with Gasteiger partial charge in [0, 0.05) is 44.4 Å². The molecular weight excluding hydrogens is 294 g/mol. The first-order valence-electron chi connectivity index (χ1n) is 7.49. The molecule has 0 saturated carbocycles. The number of carbonyl (C=O) groups excluding carboxylic acids is 3. The second kappa shape index (κ2) is 7.09. The molecule has 1 aliphatic heterocycles. The molecule has 0 bridgehead atoms. The standard InChI is InChI=1S/C17H21N3O3/c1-4-16(22)19(3)15-7-5-13(6-8-15)17(23)20-10-9-14(11-20)18-12(2)21/h4-8,14H,1,9-11H2,2-3H3,(H,18,21). The third-order valence-corrected chi connectivity index (χ3v) is 3.89. The second-order valence-electron chi connectivity index (χ2n) is 5.59. The highest BCUT2D eigenvalue weighted by atomic mass is 16.2. The van der Waals surface area contributed by atoms with Crippen molar-refractivity contribution in [2.24, 2.45) is 0 Å². The molecule has 0 aromatic heterocycles. The van der Waals surface area contributed by atoms with E-state index >= 15 is 0 Å². The van der Waals surface area contributed by atoms with E-state index in [0.717, 1.165) is 6.42 Å². The summed E-state index contributed by atoms with van der Waals surface area (Å²) in [6.07, 6.45) is 2.01. The van der Waals surface area contributed by atoms with E-state index < -0.39 is 0 Å². The van der Waals surface area contributed by atoms with E-state index in [0.29, 0.717) is 24.3 Å². The molecule has 6 nitrogen and oxygen atoms in total. The van der Waals surface area contributed by atoms with Gasteiger partial charge in [0.25, 0.3) is 5.91 Å². The number of amides is 3. The van der Waals surface area contributed by atoms with Crippen molar-refractivity contribution < 1.29 is 14.4 Å². The van der Waals surface area contributed by atoms with Crippen LogP contribution in [0.25, 0.3) is 0 Å². The van der Waals surface area contributed by atoms with E-state index in [4.69, 9.17) is 0 Å². The number of carbonyl (C=O) groups is 3. The van der Waals surface area contributed by atoms with Crippen LogP contribution >= 0.6 is 0 Å². The van der Waals surface area contributed by atoms with Gasteiger partial charge in [-0.05, 0) is 36.8 Å². The van der Waals surface area contributed by atoms with Crippen molar-refractivity contribution in [3.63, 3.8) is 0 Å². The quantitative estimate of drug-likeness (QED) is 0.849. The molecule has 1 aromatic carbocycles. The van der Waals surface area contributed by atoms with Gasteiger partial charge in [0.2, 0.25) is 11.8 Å². The maximum atomic E-state index is 12.5. The number of benzene rings is 1. The highest BCUT2D eigenvalue weighted by Gasteiger charge is 2.27. The molecule has 1 fully saturated rings. The Kier molecular flexibility index (Phi) is 5.16. The predicted octanol–water partition coefficient (Wildman–Crippen LogP) is 1.19. The molecule has 6 heteroatoms. The van der Waals surface area contributed by atoms with Crippen LogP contribution in [0.1, 0.15) is 23.7 Å². The zero-order valence-electron chi connectivity index (χ0n) is 13.4. The van der Waals surface area contributed by atoms with Crippen LogP contribution in [0.3, 0.4) is 0 Å². The molecule has 0 aliphatic carbocycles. The van der Waals surface area contributed by atoms with E-state index in [1.165, 1.54) is 17.9 Å². The van der Waals surface area contributed by atoms with Gasteiger partial charge in [-0.2, -0.15) is 0 Å². The lowest BCUT2D eigenvalue weighted by atomic mass is 10.1. The maximum absolute atomic E-state index is 12.5. The third kappa shape index (κ3) is 3.97. The van der Waals surface area contributed by atoms with Crippen molar-refractivity contribution in [2.45, 2.75) is 19.4 Å². The molecule has 0 spiro atoms. The van der Waals surface area contributed by atoms with Gasteiger partial charge in [-0.3, -0.25) is 14.4 Å². The minimum atomic E-state index is -0.207. The molecule has 1 N–H and O–H groups in total. The number of likely N-dealkylation sites (N-methyl/N-ethyl adjacent to an activating group) is 1. The van der Waals surface area contributed by atoms with Crippen molar-refractivity contribution in [3.8, 4) is 0 Å². The Morgan fingerprint density at radius 1 is 1.30 bits per heavy atom. The van der Waals surface area contributed by atoms with Crippen molar-refractivity contribution in [2.75, 3.05) is 25.0 Å². The summed E-state index contributed by atoms with van der Waals surface area (Å²) in [7, 11) is 1.65. The molecule has 2 rings (SSSR count). The molecular formula is C17H21N3O3. The van der Waals surface area contributed by atoms with Crippen LogP contribution in [0.5, 0.6) is 0 Å². The third-order valence-electron chi connectivity index (χ3n) is 3.89. The maximum Gasteiger partial charge on any atom is 0.253 e. The van der Waals surface area contributed by atoms with Gasteiger partial charge in [-0.15, -0.1) is 0 Å². The summed E-state index contributed by atoms with van der Waals surface area (Å²) in [5.74, 6) is -0.354. The Hall–Kier alpha value is -2.63. The van der Waals surface area contributed by atoms with Crippen molar-refractivity contribution in [1.29, 1.82) is 0 Å². The van der Waals surface area contributed by atoms with Crippen LogP contribution < -0.4 is 10.2 Å². The Bertz CT molecular complexity index is 624. The van der Waals surface area contributed by atoms with Gasteiger partial charge in [0.1, 0.15) is 0 Å². The molecule has 23 heavy (non-hydrogen) atoms. The van der Waals surface area contributed by atoms with Gasteiger partial charge in [0.15, 0.2) is 0 Å². The summed E-state index contributed by atoms with van der Waals surface area (Å²) < 4.78 is 0. The lowest BCUT2D eigenvalue weighted by Crippen LogP contribution is -2.37. The summed E-state index contributed by atoms with van der Waals surface area (Å²) in [6, 6.07) is 6.89. The monoisotopic (exact) mass is 315 g/mol. The lowest BCUT2D eigenvalue weighted by Gasteiger charge is -2.18. The van der Waals surface area contributed by atoms with Gasteiger partial charge < -0.3 is 15.1 Å². The highest BCUT2D eigenvalue weighted by Crippen LogP contribution is 2.18. The molecule has 0 radical (unpaired) electrons. The van der Waals surface area contributed by atoms with Crippen LogP contribution in [-0.4, -0.2) is 48.8 Å². The fourth-order valence-electron chi connectivity index (χ4n) is 2.62. The minimum Gasteiger partial charge on any atom is -0.352 e. The van der Waals surface area contributed by atoms with E-state index in [1.54, 1.807) is 36.2 Å². The lowest BCUT2D eigenvalue weighted by molar-refractivity contribution is -0.119. The highest BCUT2D eigenvalue weighted by molar-refractivity contribution is 6.01. The Labute approximate surface area is 135 Å². The molecule has 1 atom stereocenters. The summed E-state index contributed by atoms with van der Waals surface area (Å²) in [6.45, 7) is 6.08. The molecule has 1 aromatic rings. The smallest absolute Gasteiger partial charge is 0.253 e. The largest absolute Gasteiger partial charge is 0.352 e. The molecule has 1 aliphatic rings. The minimum absolute atomic E-state index is 0.0204.